The molecule has 0 atom stereocenters. The SMILES string of the molecule is Cc1cc(Cl)ccc1NC(=O)COC(=O)c1ccccc1OC(F)F. The van der Waals surface area contributed by atoms with Crippen LogP contribution in [0.3, 0.4) is 0 Å². The van der Waals surface area contributed by atoms with Crippen LogP contribution in [0.2, 0.25) is 5.02 Å². The molecule has 0 saturated heterocycles. The zero-order valence-electron chi connectivity index (χ0n) is 13.1. The number of halogens is 3. The first kappa shape index (κ1) is 18.7. The number of amides is 1. The van der Waals surface area contributed by atoms with Crippen molar-refractivity contribution in [2.75, 3.05) is 11.9 Å². The predicted molar refractivity (Wildman–Crippen MR) is 88.2 cm³/mol. The van der Waals surface area contributed by atoms with E-state index in [1.54, 1.807) is 25.1 Å². The number of hydrogen-bond donors (Lipinski definition) is 1. The summed E-state index contributed by atoms with van der Waals surface area (Å²) < 4.78 is 33.8. The van der Waals surface area contributed by atoms with Crippen LogP contribution < -0.4 is 10.1 Å². The molecule has 0 bridgehead atoms. The van der Waals surface area contributed by atoms with Gasteiger partial charge in [0.1, 0.15) is 11.3 Å². The van der Waals surface area contributed by atoms with Crippen molar-refractivity contribution in [2.24, 2.45) is 0 Å². The maximum absolute atomic E-state index is 12.3. The van der Waals surface area contributed by atoms with Crippen molar-refractivity contribution >= 4 is 29.2 Å². The second kappa shape index (κ2) is 8.43. The number of aryl methyl sites for hydroxylation is 1. The largest absolute Gasteiger partial charge is 0.452 e. The summed E-state index contributed by atoms with van der Waals surface area (Å²) in [5.74, 6) is -1.85. The second-order valence-corrected chi connectivity index (χ2v) is 5.39. The van der Waals surface area contributed by atoms with Crippen molar-refractivity contribution in [3.63, 3.8) is 0 Å². The number of nitrogens with one attached hydrogen (secondary N) is 1. The third-order valence-corrected chi connectivity index (χ3v) is 3.36. The van der Waals surface area contributed by atoms with Crippen LogP contribution in [0.1, 0.15) is 15.9 Å². The van der Waals surface area contributed by atoms with E-state index in [1.807, 2.05) is 0 Å². The van der Waals surface area contributed by atoms with Gasteiger partial charge >= 0.3 is 12.6 Å². The second-order valence-electron chi connectivity index (χ2n) is 4.96. The molecule has 2 rings (SSSR count). The normalized spacial score (nSPS) is 10.4. The molecule has 5 nitrogen and oxygen atoms in total. The van der Waals surface area contributed by atoms with Gasteiger partial charge in [0.2, 0.25) is 0 Å². The topological polar surface area (TPSA) is 64.6 Å². The molecule has 8 heteroatoms. The van der Waals surface area contributed by atoms with Gasteiger partial charge in [-0.2, -0.15) is 8.78 Å². The molecule has 25 heavy (non-hydrogen) atoms. The zero-order chi connectivity index (χ0) is 18.4. The number of ether oxygens (including phenoxy) is 2. The van der Waals surface area contributed by atoms with Gasteiger partial charge in [0.05, 0.1) is 0 Å². The Morgan fingerprint density at radius 2 is 1.92 bits per heavy atom. The van der Waals surface area contributed by atoms with Crippen molar-refractivity contribution in [2.45, 2.75) is 13.5 Å². The highest BCUT2D eigenvalue weighted by molar-refractivity contribution is 6.30. The minimum Gasteiger partial charge on any atom is -0.452 e. The summed E-state index contributed by atoms with van der Waals surface area (Å²) in [5, 5.41) is 3.09. The number of esters is 1. The van der Waals surface area contributed by atoms with Crippen LogP contribution >= 0.6 is 11.6 Å². The number of anilines is 1. The number of para-hydroxylation sites is 1. The van der Waals surface area contributed by atoms with Gasteiger partial charge in [-0.3, -0.25) is 4.79 Å². The van der Waals surface area contributed by atoms with E-state index in [0.29, 0.717) is 10.7 Å². The summed E-state index contributed by atoms with van der Waals surface area (Å²) >= 11 is 5.83. The van der Waals surface area contributed by atoms with Crippen LogP contribution in [-0.4, -0.2) is 25.1 Å². The fourth-order valence-electron chi connectivity index (χ4n) is 2.00. The van der Waals surface area contributed by atoms with Gasteiger partial charge in [-0.15, -0.1) is 0 Å². The van der Waals surface area contributed by atoms with E-state index in [-0.39, 0.29) is 11.3 Å². The lowest BCUT2D eigenvalue weighted by Gasteiger charge is -2.11. The monoisotopic (exact) mass is 369 g/mol. The van der Waals surface area contributed by atoms with E-state index in [2.05, 4.69) is 10.1 Å². The van der Waals surface area contributed by atoms with Gasteiger partial charge in [0.25, 0.3) is 5.91 Å². The molecule has 0 fully saturated rings. The minimum atomic E-state index is -3.08. The van der Waals surface area contributed by atoms with Gasteiger partial charge in [-0.1, -0.05) is 23.7 Å². The molecule has 0 aliphatic heterocycles. The van der Waals surface area contributed by atoms with Gasteiger partial charge in [0.15, 0.2) is 6.61 Å². The molecular formula is C17H14ClF2NO4. The molecule has 132 valence electrons. The highest BCUT2D eigenvalue weighted by Crippen LogP contribution is 2.22. The van der Waals surface area contributed by atoms with Crippen LogP contribution in [0, 0.1) is 6.92 Å². The van der Waals surface area contributed by atoms with Crippen LogP contribution in [-0.2, 0) is 9.53 Å². The number of carbonyl (C=O) groups is 2. The first-order valence-corrected chi connectivity index (χ1v) is 7.51. The molecule has 1 N–H and O–H groups in total. The third-order valence-electron chi connectivity index (χ3n) is 3.12. The third kappa shape index (κ3) is 5.42. The fraction of sp³-hybridized carbons (Fsp3) is 0.176. The summed E-state index contributed by atoms with van der Waals surface area (Å²) in [4.78, 5) is 23.8. The van der Waals surface area contributed by atoms with E-state index in [9.17, 15) is 18.4 Å². The van der Waals surface area contributed by atoms with Crippen LogP contribution in [0.15, 0.2) is 42.5 Å². The van der Waals surface area contributed by atoms with Crippen LogP contribution in [0.5, 0.6) is 5.75 Å². The molecule has 0 aliphatic carbocycles. The Balaban J connectivity index is 1.97. The molecular weight excluding hydrogens is 356 g/mol. The smallest absolute Gasteiger partial charge is 0.387 e. The van der Waals surface area contributed by atoms with Gasteiger partial charge in [-0.05, 0) is 42.8 Å². The Morgan fingerprint density at radius 3 is 2.60 bits per heavy atom. The van der Waals surface area contributed by atoms with Crippen molar-refractivity contribution in [1.82, 2.24) is 0 Å². The Bertz CT molecular complexity index is 783. The summed E-state index contributed by atoms with van der Waals surface area (Å²) in [7, 11) is 0. The first-order valence-electron chi connectivity index (χ1n) is 7.14. The van der Waals surface area contributed by atoms with Crippen LogP contribution in [0.25, 0.3) is 0 Å². The van der Waals surface area contributed by atoms with E-state index < -0.39 is 25.1 Å². The number of benzene rings is 2. The Hall–Kier alpha value is -2.67. The number of hydrogen-bond acceptors (Lipinski definition) is 4. The van der Waals surface area contributed by atoms with E-state index in [4.69, 9.17) is 16.3 Å². The maximum Gasteiger partial charge on any atom is 0.387 e. The maximum atomic E-state index is 12.3. The Kier molecular flexibility index (Phi) is 6.30. The average Bonchev–Trinajstić information content (AvgIpc) is 2.55. The summed E-state index contributed by atoms with van der Waals surface area (Å²) in [6.07, 6.45) is 0. The summed E-state index contributed by atoms with van der Waals surface area (Å²) in [6, 6.07) is 10.3. The molecule has 0 saturated carbocycles. The molecule has 0 aromatic heterocycles. The number of carbonyl (C=O) groups excluding carboxylic acids is 2. The van der Waals surface area contributed by atoms with Crippen molar-refractivity contribution in [1.29, 1.82) is 0 Å². The van der Waals surface area contributed by atoms with E-state index >= 15 is 0 Å². The van der Waals surface area contributed by atoms with Crippen molar-refractivity contribution < 1.29 is 27.8 Å². The van der Waals surface area contributed by atoms with Crippen LogP contribution in [0.4, 0.5) is 14.5 Å². The molecule has 0 spiro atoms. The molecule has 2 aromatic carbocycles. The fourth-order valence-corrected chi connectivity index (χ4v) is 2.22. The Morgan fingerprint density at radius 1 is 1.20 bits per heavy atom. The number of alkyl halides is 2. The van der Waals surface area contributed by atoms with Gasteiger partial charge < -0.3 is 14.8 Å². The Labute approximate surface area is 147 Å². The molecule has 0 radical (unpaired) electrons. The molecule has 1 amide bonds. The molecule has 0 unspecified atom stereocenters. The highest BCUT2D eigenvalue weighted by Gasteiger charge is 2.17. The quantitative estimate of drug-likeness (QED) is 0.780. The van der Waals surface area contributed by atoms with E-state index in [0.717, 1.165) is 5.56 Å². The zero-order valence-corrected chi connectivity index (χ0v) is 13.8. The predicted octanol–water partition coefficient (Wildman–Crippen LogP) is 4.05. The van der Waals surface area contributed by atoms with Gasteiger partial charge in [0, 0.05) is 10.7 Å². The lowest BCUT2D eigenvalue weighted by atomic mass is 10.2. The first-order chi connectivity index (χ1) is 11.9. The molecule has 2 aromatic rings. The summed E-state index contributed by atoms with van der Waals surface area (Å²) in [5.41, 5.74) is 1.06. The van der Waals surface area contributed by atoms with Gasteiger partial charge in [-0.25, -0.2) is 4.79 Å². The molecule has 0 aliphatic rings. The highest BCUT2D eigenvalue weighted by atomic mass is 35.5. The standard InChI is InChI=1S/C17H14ClF2NO4/c1-10-8-11(18)6-7-13(10)21-15(22)9-24-16(23)12-4-2-3-5-14(12)25-17(19)20/h2-8,17H,9H2,1H3,(H,21,22). The minimum absolute atomic E-state index is 0.196. The lowest BCUT2D eigenvalue weighted by molar-refractivity contribution is -0.119. The number of rotatable bonds is 6. The molecule has 0 heterocycles. The lowest BCUT2D eigenvalue weighted by Crippen LogP contribution is -2.21. The van der Waals surface area contributed by atoms with E-state index in [1.165, 1.54) is 24.3 Å². The van der Waals surface area contributed by atoms with Crippen molar-refractivity contribution in [3.8, 4) is 5.75 Å². The van der Waals surface area contributed by atoms with Crippen molar-refractivity contribution in [3.05, 3.63) is 58.6 Å². The average molecular weight is 370 g/mol. The summed E-state index contributed by atoms with van der Waals surface area (Å²) in [6.45, 7) is -1.90.